The first-order chi connectivity index (χ1) is 8.56. The number of rotatable bonds is 2. The van der Waals surface area contributed by atoms with Crippen LogP contribution in [-0.2, 0) is 0 Å². The number of amides is 2. The van der Waals surface area contributed by atoms with Gasteiger partial charge in [0.2, 0.25) is 0 Å². The van der Waals surface area contributed by atoms with E-state index in [9.17, 15) is 9.90 Å². The number of benzene rings is 1. The Balaban J connectivity index is 1.91. The molecule has 0 spiro atoms. The Labute approximate surface area is 107 Å². The Morgan fingerprint density at radius 3 is 2.72 bits per heavy atom. The highest BCUT2D eigenvalue weighted by atomic mass is 16.3. The van der Waals surface area contributed by atoms with Gasteiger partial charge in [-0.3, -0.25) is 0 Å². The van der Waals surface area contributed by atoms with Gasteiger partial charge in [0.25, 0.3) is 0 Å². The summed E-state index contributed by atoms with van der Waals surface area (Å²) in [5.74, 6) is 0.183. The smallest absolute Gasteiger partial charge is 0.321 e. The summed E-state index contributed by atoms with van der Waals surface area (Å²) in [4.78, 5) is 13.7. The molecule has 1 aromatic rings. The van der Waals surface area contributed by atoms with Crippen LogP contribution >= 0.6 is 0 Å². The predicted octanol–water partition coefficient (Wildman–Crippen LogP) is 1.50. The van der Waals surface area contributed by atoms with Crippen molar-refractivity contribution < 1.29 is 9.90 Å². The highest BCUT2D eigenvalue weighted by molar-refractivity contribution is 5.89. The van der Waals surface area contributed by atoms with Crippen molar-refractivity contribution in [1.82, 2.24) is 4.90 Å². The maximum absolute atomic E-state index is 12.0. The minimum Gasteiger partial charge on any atom is -0.399 e. The van der Waals surface area contributed by atoms with Crippen LogP contribution in [0.15, 0.2) is 24.3 Å². The SMILES string of the molecule is CC(O)C1CCN(C(=O)Nc2ccc(N)cc2)C1. The van der Waals surface area contributed by atoms with Crippen LogP contribution in [0.3, 0.4) is 0 Å². The molecule has 18 heavy (non-hydrogen) atoms. The fourth-order valence-electron chi connectivity index (χ4n) is 2.13. The molecule has 5 heteroatoms. The van der Waals surface area contributed by atoms with Crippen LogP contribution in [-0.4, -0.2) is 35.2 Å². The molecule has 2 atom stereocenters. The molecule has 1 aromatic carbocycles. The van der Waals surface area contributed by atoms with E-state index in [-0.39, 0.29) is 18.1 Å². The molecule has 2 amide bonds. The minimum absolute atomic E-state index is 0.122. The number of nitrogens with two attached hydrogens (primary N) is 1. The summed E-state index contributed by atoms with van der Waals surface area (Å²) >= 11 is 0. The molecule has 0 aliphatic carbocycles. The summed E-state index contributed by atoms with van der Waals surface area (Å²) in [6.45, 7) is 3.07. The normalized spacial score (nSPS) is 20.8. The molecule has 1 fully saturated rings. The predicted molar refractivity (Wildman–Crippen MR) is 71.2 cm³/mol. The van der Waals surface area contributed by atoms with E-state index < -0.39 is 0 Å². The molecule has 5 nitrogen and oxygen atoms in total. The van der Waals surface area contributed by atoms with Crippen molar-refractivity contribution in [3.05, 3.63) is 24.3 Å². The summed E-state index contributed by atoms with van der Waals surface area (Å²) in [6, 6.07) is 6.92. The Morgan fingerprint density at radius 1 is 1.50 bits per heavy atom. The lowest BCUT2D eigenvalue weighted by Crippen LogP contribution is -2.34. The molecule has 98 valence electrons. The number of aliphatic hydroxyl groups excluding tert-OH is 1. The van der Waals surface area contributed by atoms with Crippen LogP contribution < -0.4 is 11.1 Å². The number of hydrogen-bond acceptors (Lipinski definition) is 3. The number of hydrogen-bond donors (Lipinski definition) is 3. The average molecular weight is 249 g/mol. The maximum atomic E-state index is 12.0. The monoisotopic (exact) mass is 249 g/mol. The number of carbonyl (C=O) groups excluding carboxylic acids is 1. The van der Waals surface area contributed by atoms with E-state index in [1.165, 1.54) is 0 Å². The van der Waals surface area contributed by atoms with E-state index in [1.807, 2.05) is 0 Å². The van der Waals surface area contributed by atoms with Crippen molar-refractivity contribution in [2.75, 3.05) is 24.1 Å². The molecule has 0 radical (unpaired) electrons. The van der Waals surface area contributed by atoms with Crippen LogP contribution in [0.4, 0.5) is 16.2 Å². The third kappa shape index (κ3) is 2.92. The number of anilines is 2. The Morgan fingerprint density at radius 2 is 2.17 bits per heavy atom. The van der Waals surface area contributed by atoms with Gasteiger partial charge in [-0.1, -0.05) is 0 Å². The Bertz CT molecular complexity index is 417. The second-order valence-electron chi connectivity index (χ2n) is 4.79. The van der Waals surface area contributed by atoms with Gasteiger partial charge in [0, 0.05) is 30.4 Å². The zero-order valence-corrected chi connectivity index (χ0v) is 10.5. The van der Waals surface area contributed by atoms with Crippen LogP contribution in [0.25, 0.3) is 0 Å². The van der Waals surface area contributed by atoms with Gasteiger partial charge in [-0.25, -0.2) is 4.79 Å². The maximum Gasteiger partial charge on any atom is 0.321 e. The molecular weight excluding hydrogens is 230 g/mol. The fourth-order valence-corrected chi connectivity index (χ4v) is 2.13. The van der Waals surface area contributed by atoms with Crippen LogP contribution in [0.2, 0.25) is 0 Å². The Kier molecular flexibility index (Phi) is 3.72. The van der Waals surface area contributed by atoms with Crippen LogP contribution in [0.1, 0.15) is 13.3 Å². The second kappa shape index (κ2) is 5.27. The van der Waals surface area contributed by atoms with Gasteiger partial charge in [-0.15, -0.1) is 0 Å². The van der Waals surface area contributed by atoms with Crippen molar-refractivity contribution in [3.8, 4) is 0 Å². The fraction of sp³-hybridized carbons (Fsp3) is 0.462. The van der Waals surface area contributed by atoms with Gasteiger partial charge in [0.05, 0.1) is 6.10 Å². The van der Waals surface area contributed by atoms with Crippen molar-refractivity contribution in [1.29, 1.82) is 0 Å². The number of nitrogens with one attached hydrogen (secondary N) is 1. The number of nitrogens with zero attached hydrogens (tertiary/aromatic N) is 1. The topological polar surface area (TPSA) is 78.6 Å². The van der Waals surface area contributed by atoms with Crippen molar-refractivity contribution in [2.45, 2.75) is 19.4 Å². The molecule has 0 bridgehead atoms. The largest absolute Gasteiger partial charge is 0.399 e. The van der Waals surface area contributed by atoms with E-state index in [0.29, 0.717) is 18.8 Å². The summed E-state index contributed by atoms with van der Waals surface area (Å²) in [5, 5.41) is 12.3. The Hall–Kier alpha value is -1.75. The first-order valence-electron chi connectivity index (χ1n) is 6.16. The molecule has 1 heterocycles. The van der Waals surface area contributed by atoms with E-state index in [4.69, 9.17) is 5.73 Å². The summed E-state index contributed by atoms with van der Waals surface area (Å²) < 4.78 is 0. The molecule has 1 aliphatic heterocycles. The van der Waals surface area contributed by atoms with Gasteiger partial charge in [-0.05, 0) is 37.6 Å². The highest BCUT2D eigenvalue weighted by Gasteiger charge is 2.28. The molecule has 2 unspecified atom stereocenters. The van der Waals surface area contributed by atoms with Crippen molar-refractivity contribution in [3.63, 3.8) is 0 Å². The minimum atomic E-state index is -0.362. The van der Waals surface area contributed by atoms with E-state index in [1.54, 1.807) is 36.1 Å². The lowest BCUT2D eigenvalue weighted by molar-refractivity contribution is 0.130. The number of urea groups is 1. The van der Waals surface area contributed by atoms with E-state index in [0.717, 1.165) is 12.1 Å². The molecule has 0 saturated carbocycles. The molecule has 1 saturated heterocycles. The summed E-state index contributed by atoms with van der Waals surface area (Å²) in [7, 11) is 0. The average Bonchev–Trinajstić information content (AvgIpc) is 2.81. The highest BCUT2D eigenvalue weighted by Crippen LogP contribution is 2.20. The van der Waals surface area contributed by atoms with Gasteiger partial charge in [-0.2, -0.15) is 0 Å². The lowest BCUT2D eigenvalue weighted by atomic mass is 10.0. The van der Waals surface area contributed by atoms with Gasteiger partial charge >= 0.3 is 6.03 Å². The standard InChI is InChI=1S/C13H19N3O2/c1-9(17)10-6-7-16(8-10)13(18)15-12-4-2-11(14)3-5-12/h2-5,9-10,17H,6-8,14H2,1H3,(H,15,18). The number of carbonyl (C=O) groups is 1. The third-order valence-corrected chi connectivity index (χ3v) is 3.36. The molecule has 4 N–H and O–H groups in total. The zero-order chi connectivity index (χ0) is 13.1. The van der Waals surface area contributed by atoms with Gasteiger partial charge in [0.1, 0.15) is 0 Å². The van der Waals surface area contributed by atoms with Crippen molar-refractivity contribution in [2.24, 2.45) is 5.92 Å². The molecule has 1 aliphatic rings. The van der Waals surface area contributed by atoms with Crippen LogP contribution in [0.5, 0.6) is 0 Å². The zero-order valence-electron chi connectivity index (χ0n) is 10.5. The van der Waals surface area contributed by atoms with Crippen molar-refractivity contribution >= 4 is 17.4 Å². The number of nitrogen functional groups attached to an aromatic ring is 1. The summed E-state index contributed by atoms with van der Waals surface area (Å²) in [5.41, 5.74) is 6.98. The summed E-state index contributed by atoms with van der Waals surface area (Å²) in [6.07, 6.45) is 0.492. The number of aliphatic hydroxyl groups is 1. The van der Waals surface area contributed by atoms with Gasteiger partial charge < -0.3 is 21.1 Å². The molecular formula is C13H19N3O2. The first kappa shape index (κ1) is 12.7. The first-order valence-corrected chi connectivity index (χ1v) is 6.16. The molecule has 0 aromatic heterocycles. The quantitative estimate of drug-likeness (QED) is 0.695. The molecule has 2 rings (SSSR count). The van der Waals surface area contributed by atoms with E-state index >= 15 is 0 Å². The van der Waals surface area contributed by atoms with Gasteiger partial charge in [0.15, 0.2) is 0 Å². The van der Waals surface area contributed by atoms with E-state index in [2.05, 4.69) is 5.32 Å². The number of likely N-dealkylation sites (tertiary alicyclic amines) is 1. The van der Waals surface area contributed by atoms with Crippen LogP contribution in [0, 0.1) is 5.92 Å². The third-order valence-electron chi connectivity index (χ3n) is 3.36. The lowest BCUT2D eigenvalue weighted by Gasteiger charge is -2.18. The second-order valence-corrected chi connectivity index (χ2v) is 4.79.